The van der Waals surface area contributed by atoms with Gasteiger partial charge in [0.25, 0.3) is 9.05 Å². The van der Waals surface area contributed by atoms with E-state index in [1.54, 1.807) is 6.07 Å². The Bertz CT molecular complexity index is 440. The first-order valence-corrected chi connectivity index (χ1v) is 7.16. The van der Waals surface area contributed by atoms with E-state index in [-0.39, 0.29) is 10.8 Å². The van der Waals surface area contributed by atoms with E-state index >= 15 is 0 Å². The third-order valence-corrected chi connectivity index (χ3v) is 3.63. The summed E-state index contributed by atoms with van der Waals surface area (Å²) in [5.74, 6) is 0.268. The summed E-state index contributed by atoms with van der Waals surface area (Å²) >= 11 is 3.25. The molecule has 0 N–H and O–H groups in total. The van der Waals surface area contributed by atoms with E-state index in [0.29, 0.717) is 0 Å². The van der Waals surface area contributed by atoms with Gasteiger partial charge in [0.1, 0.15) is 0 Å². The molecule has 0 unspecified atom stereocenters. The average Bonchev–Trinajstić information content (AvgIpc) is 2.01. The molecule has 0 saturated heterocycles. The van der Waals surface area contributed by atoms with Gasteiger partial charge in [-0.25, -0.2) is 8.42 Å². The van der Waals surface area contributed by atoms with Crippen molar-refractivity contribution in [2.45, 2.75) is 24.7 Å². The molecule has 0 bridgehead atoms. The van der Waals surface area contributed by atoms with Crippen molar-refractivity contribution in [2.24, 2.45) is 0 Å². The van der Waals surface area contributed by atoms with Gasteiger partial charge in [-0.2, -0.15) is 0 Å². The van der Waals surface area contributed by atoms with Crippen molar-refractivity contribution < 1.29 is 8.42 Å². The summed E-state index contributed by atoms with van der Waals surface area (Å²) in [6.07, 6.45) is 0. The summed E-state index contributed by atoms with van der Waals surface area (Å²) in [6.45, 7) is 3.98. The first-order valence-electron chi connectivity index (χ1n) is 4.06. The second-order valence-electron chi connectivity index (χ2n) is 3.31. The first-order chi connectivity index (χ1) is 6.30. The van der Waals surface area contributed by atoms with Crippen LogP contribution in [0.4, 0.5) is 0 Å². The van der Waals surface area contributed by atoms with Crippen LogP contribution >= 0.6 is 26.6 Å². The molecule has 2 nitrogen and oxygen atoms in total. The van der Waals surface area contributed by atoms with Crippen LogP contribution in [0.5, 0.6) is 0 Å². The van der Waals surface area contributed by atoms with Crippen LogP contribution in [0.2, 0.25) is 0 Å². The van der Waals surface area contributed by atoms with Crippen molar-refractivity contribution in [3.8, 4) is 0 Å². The van der Waals surface area contributed by atoms with Crippen molar-refractivity contribution in [3.05, 3.63) is 28.2 Å². The number of halogens is 2. The van der Waals surface area contributed by atoms with Gasteiger partial charge in [-0.15, -0.1) is 0 Å². The van der Waals surface area contributed by atoms with Crippen molar-refractivity contribution in [1.82, 2.24) is 0 Å². The molecule has 5 heteroatoms. The Kier molecular flexibility index (Phi) is 3.61. The van der Waals surface area contributed by atoms with Crippen LogP contribution in [0, 0.1) is 0 Å². The number of rotatable bonds is 2. The highest BCUT2D eigenvalue weighted by atomic mass is 79.9. The highest BCUT2D eigenvalue weighted by molar-refractivity contribution is 9.10. The molecular formula is C9H10BrClO2S. The molecule has 0 heterocycles. The molecule has 1 aromatic rings. The van der Waals surface area contributed by atoms with Gasteiger partial charge in [0, 0.05) is 15.2 Å². The molecule has 0 aliphatic heterocycles. The lowest BCUT2D eigenvalue weighted by molar-refractivity contribution is 0.609. The predicted octanol–water partition coefficient (Wildman–Crippen LogP) is 3.50. The summed E-state index contributed by atoms with van der Waals surface area (Å²) in [6, 6.07) is 4.97. The zero-order chi connectivity index (χ0) is 10.9. The molecule has 1 aromatic carbocycles. The van der Waals surface area contributed by atoms with Gasteiger partial charge in [0.15, 0.2) is 0 Å². The number of hydrogen-bond acceptors (Lipinski definition) is 2. The second-order valence-corrected chi connectivity index (χ2v) is 6.79. The van der Waals surface area contributed by atoms with Crippen LogP contribution in [-0.2, 0) is 9.05 Å². The highest BCUT2D eigenvalue weighted by Crippen LogP contribution is 2.26. The molecule has 78 valence electrons. The molecule has 0 radical (unpaired) electrons. The van der Waals surface area contributed by atoms with E-state index < -0.39 is 9.05 Å². The van der Waals surface area contributed by atoms with Crippen LogP contribution < -0.4 is 0 Å². The summed E-state index contributed by atoms with van der Waals surface area (Å²) in [4.78, 5) is 0.136. The molecule has 1 rings (SSSR count). The summed E-state index contributed by atoms with van der Waals surface area (Å²) in [7, 11) is 1.62. The zero-order valence-corrected chi connectivity index (χ0v) is 10.9. The van der Waals surface area contributed by atoms with Gasteiger partial charge in [-0.1, -0.05) is 29.8 Å². The van der Waals surface area contributed by atoms with Gasteiger partial charge in [-0.3, -0.25) is 0 Å². The minimum absolute atomic E-state index is 0.136. The smallest absolute Gasteiger partial charge is 0.207 e. The fourth-order valence-corrected chi connectivity index (χ4v) is 2.53. The lowest BCUT2D eigenvalue weighted by atomic mass is 10.0. The van der Waals surface area contributed by atoms with E-state index in [1.165, 1.54) is 6.07 Å². The second kappa shape index (κ2) is 4.21. The fraction of sp³-hybridized carbons (Fsp3) is 0.333. The van der Waals surface area contributed by atoms with Gasteiger partial charge in [0.05, 0.1) is 4.90 Å². The summed E-state index contributed by atoms with van der Waals surface area (Å²) < 4.78 is 22.9. The molecule has 0 aromatic heterocycles. The minimum atomic E-state index is -3.64. The number of benzene rings is 1. The number of hydrogen-bond donors (Lipinski definition) is 0. The van der Waals surface area contributed by atoms with Gasteiger partial charge >= 0.3 is 0 Å². The Morgan fingerprint density at radius 3 is 2.29 bits per heavy atom. The van der Waals surface area contributed by atoms with Crippen LogP contribution in [-0.4, -0.2) is 8.42 Å². The summed E-state index contributed by atoms with van der Waals surface area (Å²) in [5, 5.41) is 0. The van der Waals surface area contributed by atoms with Crippen molar-refractivity contribution in [2.75, 3.05) is 0 Å². The standard InChI is InChI=1S/C9H10BrClO2S/c1-6(2)7-3-8(10)5-9(4-7)14(11,12)13/h3-6H,1-2H3. The molecule has 0 saturated carbocycles. The normalized spacial score (nSPS) is 12.1. The maximum absolute atomic E-state index is 11.1. The lowest BCUT2D eigenvalue weighted by Crippen LogP contribution is -1.94. The van der Waals surface area contributed by atoms with E-state index in [1.807, 2.05) is 19.9 Å². The third-order valence-electron chi connectivity index (χ3n) is 1.84. The van der Waals surface area contributed by atoms with Gasteiger partial charge in [0.2, 0.25) is 0 Å². The maximum atomic E-state index is 11.1. The van der Waals surface area contributed by atoms with Crippen LogP contribution in [0.15, 0.2) is 27.6 Å². The highest BCUT2D eigenvalue weighted by Gasteiger charge is 2.12. The minimum Gasteiger partial charge on any atom is -0.207 e. The topological polar surface area (TPSA) is 34.1 Å². The molecule has 0 atom stereocenters. The van der Waals surface area contributed by atoms with Crippen molar-refractivity contribution in [3.63, 3.8) is 0 Å². The largest absolute Gasteiger partial charge is 0.261 e. The quantitative estimate of drug-likeness (QED) is 0.783. The van der Waals surface area contributed by atoms with Crippen LogP contribution in [0.1, 0.15) is 25.3 Å². The van der Waals surface area contributed by atoms with E-state index in [9.17, 15) is 8.42 Å². The van der Waals surface area contributed by atoms with E-state index in [4.69, 9.17) is 10.7 Å². The Labute approximate surface area is 96.8 Å². The van der Waals surface area contributed by atoms with Gasteiger partial charge < -0.3 is 0 Å². The molecule has 0 amide bonds. The molecular weight excluding hydrogens is 288 g/mol. The molecule has 14 heavy (non-hydrogen) atoms. The van der Waals surface area contributed by atoms with Crippen molar-refractivity contribution in [1.29, 1.82) is 0 Å². The molecule has 0 aliphatic carbocycles. The average molecular weight is 298 g/mol. The Morgan fingerprint density at radius 2 is 1.86 bits per heavy atom. The monoisotopic (exact) mass is 296 g/mol. The van der Waals surface area contributed by atoms with Gasteiger partial charge in [-0.05, 0) is 29.7 Å². The molecule has 0 fully saturated rings. The zero-order valence-electron chi connectivity index (χ0n) is 7.79. The Balaban J connectivity index is 3.35. The van der Waals surface area contributed by atoms with Crippen molar-refractivity contribution >= 4 is 35.7 Å². The Hall–Kier alpha value is -0.0600. The maximum Gasteiger partial charge on any atom is 0.261 e. The van der Waals surface area contributed by atoms with Crippen LogP contribution in [0.3, 0.4) is 0 Å². The SMILES string of the molecule is CC(C)c1cc(Br)cc(S(=O)(=O)Cl)c1. The lowest BCUT2D eigenvalue weighted by Gasteiger charge is -2.07. The summed E-state index contributed by atoms with van der Waals surface area (Å²) in [5.41, 5.74) is 0.943. The molecule has 0 aliphatic rings. The van der Waals surface area contributed by atoms with Crippen LogP contribution in [0.25, 0.3) is 0 Å². The van der Waals surface area contributed by atoms with E-state index in [0.717, 1.165) is 10.0 Å². The van der Waals surface area contributed by atoms with E-state index in [2.05, 4.69) is 15.9 Å². The predicted molar refractivity (Wildman–Crippen MR) is 61.3 cm³/mol. The Morgan fingerprint density at radius 1 is 1.29 bits per heavy atom. The third kappa shape index (κ3) is 2.97. The fourth-order valence-electron chi connectivity index (χ4n) is 1.06. The first kappa shape index (κ1) is 12.0. The molecule has 0 spiro atoms.